The van der Waals surface area contributed by atoms with Crippen LogP contribution in [0.3, 0.4) is 0 Å². The first-order valence-electron chi connectivity index (χ1n) is 3.97. The molecule has 1 heteroatoms. The Balaban J connectivity index is 2.60. The molecule has 0 spiro atoms. The monoisotopic (exact) mass is 168 g/mol. The molecule has 0 nitrogen and oxygen atoms in total. The van der Waals surface area contributed by atoms with E-state index in [1.165, 1.54) is 43.8 Å². The van der Waals surface area contributed by atoms with Crippen molar-refractivity contribution in [3.05, 3.63) is 0 Å². The number of unbranched alkanes of at least 4 members (excludes halogenated alkanes) is 5. The molecule has 0 atom stereocenters. The van der Waals surface area contributed by atoms with Gasteiger partial charge in [0.15, 0.2) is 0 Å². The van der Waals surface area contributed by atoms with Crippen molar-refractivity contribution in [2.45, 2.75) is 50.8 Å². The van der Waals surface area contributed by atoms with Crippen molar-refractivity contribution in [3.63, 3.8) is 0 Å². The first-order valence-corrected chi connectivity index (χ1v) is 4.81. The van der Waals surface area contributed by atoms with Gasteiger partial charge >= 0.3 is 66.8 Å². The molecule has 0 radical (unpaired) electrons. The van der Waals surface area contributed by atoms with Crippen molar-refractivity contribution in [3.8, 4) is 0 Å². The molecule has 0 aromatic carbocycles. The molecule has 0 N–H and O–H groups in total. The molecule has 0 aliphatic heterocycles. The van der Waals surface area contributed by atoms with Crippen LogP contribution in [0.4, 0.5) is 0 Å². The Morgan fingerprint density at radius 2 is 1.44 bits per heavy atom. The van der Waals surface area contributed by atoms with Crippen LogP contribution >= 0.6 is 0 Å². The van der Waals surface area contributed by atoms with Crippen LogP contribution < -0.4 is 0 Å². The molecule has 0 bridgehead atoms. The van der Waals surface area contributed by atoms with Gasteiger partial charge in [0.1, 0.15) is 0 Å². The summed E-state index contributed by atoms with van der Waals surface area (Å²) in [6.07, 6.45) is 8.40. The van der Waals surface area contributed by atoms with Crippen molar-refractivity contribution < 1.29 is 16.0 Å². The van der Waals surface area contributed by atoms with Crippen LogP contribution in [0.2, 0.25) is 5.32 Å². The van der Waals surface area contributed by atoms with Gasteiger partial charge in [0.25, 0.3) is 0 Å². The van der Waals surface area contributed by atoms with Crippen LogP contribution in [0.1, 0.15) is 45.4 Å². The van der Waals surface area contributed by atoms with Gasteiger partial charge in [0, 0.05) is 0 Å². The fourth-order valence-electron chi connectivity index (χ4n) is 0.875. The second-order valence-corrected chi connectivity index (χ2v) is 3.05. The van der Waals surface area contributed by atoms with E-state index in [0.29, 0.717) is 0 Å². The molecule has 0 amide bonds. The van der Waals surface area contributed by atoms with Gasteiger partial charge in [-0.25, -0.2) is 0 Å². The first-order chi connectivity index (χ1) is 4.41. The Bertz CT molecular complexity index is 37.8. The van der Waals surface area contributed by atoms with Crippen molar-refractivity contribution in [2.75, 3.05) is 0 Å². The zero-order chi connectivity index (χ0) is 6.95. The molecule has 0 rings (SSSR count). The summed E-state index contributed by atoms with van der Waals surface area (Å²) in [6, 6.07) is 0. The topological polar surface area (TPSA) is 0 Å². The summed E-state index contributed by atoms with van der Waals surface area (Å²) in [5.74, 6) is 0. The van der Waals surface area contributed by atoms with Crippen LogP contribution in [-0.4, -0.2) is 0 Å². The molecule has 0 aliphatic rings. The van der Waals surface area contributed by atoms with Gasteiger partial charge in [-0.3, -0.25) is 0 Å². The molecule has 0 aromatic heterocycles. The molecule has 0 aromatic rings. The summed E-state index contributed by atoms with van der Waals surface area (Å²) in [7, 11) is 0. The van der Waals surface area contributed by atoms with E-state index >= 15 is 0 Å². The SMILES string of the molecule is CCCCCCC[CH2][Mn]. The second-order valence-electron chi connectivity index (χ2n) is 2.46. The molecule has 0 aliphatic carbocycles. The molecule has 0 unspecified atom stereocenters. The molecular weight excluding hydrogens is 151 g/mol. The maximum absolute atomic E-state index is 3.42. The summed E-state index contributed by atoms with van der Waals surface area (Å²) in [4.78, 5) is 0. The predicted molar refractivity (Wildman–Crippen MR) is 38.2 cm³/mol. The molecule has 9 heavy (non-hydrogen) atoms. The summed E-state index contributed by atoms with van der Waals surface area (Å²) in [6.45, 7) is 2.25. The van der Waals surface area contributed by atoms with E-state index in [-0.39, 0.29) is 0 Å². The third-order valence-electron chi connectivity index (χ3n) is 1.49. The van der Waals surface area contributed by atoms with Crippen molar-refractivity contribution >= 4 is 0 Å². The van der Waals surface area contributed by atoms with E-state index in [0.717, 1.165) is 0 Å². The molecular formula is C8H17Mn. The van der Waals surface area contributed by atoms with E-state index in [1.54, 1.807) is 0 Å². The Hall–Kier alpha value is 0.519. The third-order valence-corrected chi connectivity index (χ3v) is 1.90. The standard InChI is InChI=1S/C8H17.Mn/c1-3-5-7-8-6-4-2;/h1,3-8H2,2H3;. The van der Waals surface area contributed by atoms with Gasteiger partial charge in [-0.15, -0.1) is 0 Å². The van der Waals surface area contributed by atoms with E-state index in [1.807, 2.05) is 0 Å². The third kappa shape index (κ3) is 8.52. The van der Waals surface area contributed by atoms with E-state index in [2.05, 4.69) is 22.9 Å². The van der Waals surface area contributed by atoms with Crippen LogP contribution in [0.15, 0.2) is 0 Å². The average molecular weight is 168 g/mol. The number of hydrogen-bond acceptors (Lipinski definition) is 0. The van der Waals surface area contributed by atoms with E-state index in [9.17, 15) is 0 Å². The van der Waals surface area contributed by atoms with Gasteiger partial charge in [0.05, 0.1) is 0 Å². The maximum atomic E-state index is 3.42. The second kappa shape index (κ2) is 8.52. The fraction of sp³-hybridized carbons (Fsp3) is 1.00. The molecule has 0 saturated carbocycles. The Morgan fingerprint density at radius 3 is 2.00 bits per heavy atom. The summed E-state index contributed by atoms with van der Waals surface area (Å²) in [5, 5.41) is 1.18. The summed E-state index contributed by atoms with van der Waals surface area (Å²) >= 11 is 3.42. The van der Waals surface area contributed by atoms with Gasteiger partial charge < -0.3 is 0 Å². The minimum absolute atomic E-state index is 1.18. The Morgan fingerprint density at radius 1 is 0.889 bits per heavy atom. The average Bonchev–Trinajstić information content (AvgIpc) is 1.89. The minimum atomic E-state index is 1.18. The quantitative estimate of drug-likeness (QED) is 0.421. The van der Waals surface area contributed by atoms with Gasteiger partial charge in [0.2, 0.25) is 0 Å². The Labute approximate surface area is 67.2 Å². The number of rotatable bonds is 6. The van der Waals surface area contributed by atoms with Gasteiger partial charge in [-0.1, -0.05) is 0 Å². The van der Waals surface area contributed by atoms with Gasteiger partial charge in [-0.2, -0.15) is 0 Å². The molecule has 56 valence electrons. The Kier molecular flexibility index (Phi) is 9.01. The van der Waals surface area contributed by atoms with Crippen LogP contribution in [0, 0.1) is 0 Å². The normalized spacial score (nSPS) is 10.0. The van der Waals surface area contributed by atoms with Gasteiger partial charge in [-0.05, 0) is 0 Å². The summed E-state index contributed by atoms with van der Waals surface area (Å²) in [5.41, 5.74) is 0. The number of hydrogen-bond donors (Lipinski definition) is 0. The van der Waals surface area contributed by atoms with Crippen molar-refractivity contribution in [2.24, 2.45) is 0 Å². The molecule has 0 saturated heterocycles. The van der Waals surface area contributed by atoms with E-state index in [4.69, 9.17) is 0 Å². The van der Waals surface area contributed by atoms with E-state index < -0.39 is 0 Å². The fourth-order valence-corrected chi connectivity index (χ4v) is 1.17. The zero-order valence-corrected chi connectivity index (χ0v) is 7.51. The van der Waals surface area contributed by atoms with Crippen LogP contribution in [0.25, 0.3) is 0 Å². The van der Waals surface area contributed by atoms with Crippen LogP contribution in [-0.2, 0) is 16.0 Å². The molecule has 0 fully saturated rings. The van der Waals surface area contributed by atoms with Crippen LogP contribution in [0.5, 0.6) is 0 Å². The van der Waals surface area contributed by atoms with Crippen molar-refractivity contribution in [1.29, 1.82) is 0 Å². The summed E-state index contributed by atoms with van der Waals surface area (Å²) < 4.78 is 0. The zero-order valence-electron chi connectivity index (χ0n) is 6.33. The predicted octanol–water partition coefficient (Wildman–Crippen LogP) is 3.31. The first kappa shape index (κ1) is 9.52. The molecule has 0 heterocycles. The van der Waals surface area contributed by atoms with Crippen molar-refractivity contribution in [1.82, 2.24) is 0 Å².